The standard InChI is InChI=1S/C11H20O/c1-9(2)10-4-5-11(3,8-10)6-7-12/h7,9-10H,4-6,8H2,1-3H3. The van der Waals surface area contributed by atoms with Crippen LogP contribution in [0.15, 0.2) is 0 Å². The first kappa shape index (κ1) is 9.76. The molecular formula is C11H20O. The van der Waals surface area contributed by atoms with Gasteiger partial charge < -0.3 is 4.79 Å². The van der Waals surface area contributed by atoms with Crippen molar-refractivity contribution >= 4 is 6.29 Å². The Morgan fingerprint density at radius 1 is 1.58 bits per heavy atom. The Hall–Kier alpha value is -0.330. The molecule has 1 rings (SSSR count). The lowest BCUT2D eigenvalue weighted by atomic mass is 9.83. The molecule has 0 aromatic heterocycles. The summed E-state index contributed by atoms with van der Waals surface area (Å²) in [7, 11) is 0. The van der Waals surface area contributed by atoms with E-state index in [1.165, 1.54) is 19.3 Å². The van der Waals surface area contributed by atoms with E-state index in [9.17, 15) is 4.79 Å². The van der Waals surface area contributed by atoms with Gasteiger partial charge in [-0.15, -0.1) is 0 Å². The maximum Gasteiger partial charge on any atom is 0.120 e. The monoisotopic (exact) mass is 168 g/mol. The third kappa shape index (κ3) is 2.09. The van der Waals surface area contributed by atoms with Crippen LogP contribution >= 0.6 is 0 Å². The second-order valence-corrected chi connectivity index (χ2v) is 4.93. The minimum absolute atomic E-state index is 0.330. The molecule has 0 aromatic carbocycles. The van der Waals surface area contributed by atoms with Gasteiger partial charge in [-0.05, 0) is 36.5 Å². The first-order valence-electron chi connectivity index (χ1n) is 5.01. The Balaban J connectivity index is 2.48. The molecule has 0 aliphatic heterocycles. The van der Waals surface area contributed by atoms with Crippen LogP contribution in [0.25, 0.3) is 0 Å². The molecule has 0 N–H and O–H groups in total. The van der Waals surface area contributed by atoms with Gasteiger partial charge in [-0.25, -0.2) is 0 Å². The predicted molar refractivity (Wildman–Crippen MR) is 51.0 cm³/mol. The average Bonchev–Trinajstić information content (AvgIpc) is 2.33. The van der Waals surface area contributed by atoms with Gasteiger partial charge in [0, 0.05) is 6.42 Å². The molecule has 0 saturated heterocycles. The molecule has 2 unspecified atom stereocenters. The summed E-state index contributed by atoms with van der Waals surface area (Å²) in [5.74, 6) is 1.65. The van der Waals surface area contributed by atoms with E-state index in [0.717, 1.165) is 24.5 Å². The van der Waals surface area contributed by atoms with Crippen LogP contribution in [0.4, 0.5) is 0 Å². The third-order valence-corrected chi connectivity index (χ3v) is 3.39. The van der Waals surface area contributed by atoms with Gasteiger partial charge in [-0.2, -0.15) is 0 Å². The van der Waals surface area contributed by atoms with Crippen molar-refractivity contribution in [2.24, 2.45) is 17.3 Å². The molecule has 1 nitrogen and oxygen atoms in total. The Labute approximate surface area is 75.5 Å². The summed E-state index contributed by atoms with van der Waals surface area (Å²) in [4.78, 5) is 10.4. The first-order valence-corrected chi connectivity index (χ1v) is 5.01. The molecule has 0 heterocycles. The molecular weight excluding hydrogens is 148 g/mol. The van der Waals surface area contributed by atoms with Crippen LogP contribution in [0.5, 0.6) is 0 Å². The van der Waals surface area contributed by atoms with Crippen LogP contribution in [0.2, 0.25) is 0 Å². The van der Waals surface area contributed by atoms with Crippen molar-refractivity contribution in [1.82, 2.24) is 0 Å². The zero-order valence-corrected chi connectivity index (χ0v) is 8.47. The lowest BCUT2D eigenvalue weighted by Gasteiger charge is -2.22. The van der Waals surface area contributed by atoms with Crippen LogP contribution in [-0.4, -0.2) is 6.29 Å². The molecule has 0 spiro atoms. The van der Waals surface area contributed by atoms with Gasteiger partial charge in [0.15, 0.2) is 0 Å². The largest absolute Gasteiger partial charge is 0.303 e. The molecule has 0 bridgehead atoms. The Morgan fingerprint density at radius 3 is 2.67 bits per heavy atom. The molecule has 0 aromatic rings. The number of rotatable bonds is 3. The molecule has 1 aliphatic carbocycles. The van der Waals surface area contributed by atoms with E-state index < -0.39 is 0 Å². The molecule has 1 saturated carbocycles. The number of carbonyl (C=O) groups is 1. The van der Waals surface area contributed by atoms with Crippen molar-refractivity contribution < 1.29 is 4.79 Å². The summed E-state index contributed by atoms with van der Waals surface area (Å²) in [5, 5.41) is 0. The normalized spacial score (nSPS) is 35.8. The first-order chi connectivity index (χ1) is 5.57. The zero-order chi connectivity index (χ0) is 9.19. The number of aldehydes is 1. The fourth-order valence-corrected chi connectivity index (χ4v) is 2.33. The van der Waals surface area contributed by atoms with E-state index >= 15 is 0 Å². The van der Waals surface area contributed by atoms with E-state index in [2.05, 4.69) is 20.8 Å². The molecule has 0 amide bonds. The Bertz CT molecular complexity index is 162. The number of hydrogen-bond acceptors (Lipinski definition) is 1. The smallest absolute Gasteiger partial charge is 0.120 e. The van der Waals surface area contributed by atoms with Crippen LogP contribution < -0.4 is 0 Å². The molecule has 2 atom stereocenters. The summed E-state index contributed by atoms with van der Waals surface area (Å²) < 4.78 is 0. The maximum absolute atomic E-state index is 10.4. The van der Waals surface area contributed by atoms with Gasteiger partial charge in [0.2, 0.25) is 0 Å². The summed E-state index contributed by atoms with van der Waals surface area (Å²) in [5.41, 5.74) is 0.330. The van der Waals surface area contributed by atoms with Crippen molar-refractivity contribution in [3.05, 3.63) is 0 Å². The third-order valence-electron chi connectivity index (χ3n) is 3.39. The van der Waals surface area contributed by atoms with E-state index in [4.69, 9.17) is 0 Å². The van der Waals surface area contributed by atoms with E-state index in [1.807, 2.05) is 0 Å². The Morgan fingerprint density at radius 2 is 2.25 bits per heavy atom. The molecule has 0 radical (unpaired) electrons. The molecule has 1 aliphatic rings. The van der Waals surface area contributed by atoms with E-state index in [1.54, 1.807) is 0 Å². The van der Waals surface area contributed by atoms with Crippen LogP contribution in [0.3, 0.4) is 0 Å². The number of carbonyl (C=O) groups excluding carboxylic acids is 1. The molecule has 1 fully saturated rings. The highest BCUT2D eigenvalue weighted by Gasteiger charge is 2.35. The highest BCUT2D eigenvalue weighted by Crippen LogP contribution is 2.45. The fraction of sp³-hybridized carbons (Fsp3) is 0.909. The van der Waals surface area contributed by atoms with Crippen LogP contribution in [0, 0.1) is 17.3 Å². The number of hydrogen-bond donors (Lipinski definition) is 0. The molecule has 70 valence electrons. The van der Waals surface area contributed by atoms with Crippen molar-refractivity contribution in [3.63, 3.8) is 0 Å². The van der Waals surface area contributed by atoms with Gasteiger partial charge in [0.25, 0.3) is 0 Å². The summed E-state index contributed by atoms with van der Waals surface area (Å²) >= 11 is 0. The van der Waals surface area contributed by atoms with Crippen LogP contribution in [-0.2, 0) is 4.79 Å². The van der Waals surface area contributed by atoms with Crippen molar-refractivity contribution in [2.75, 3.05) is 0 Å². The van der Waals surface area contributed by atoms with E-state index in [0.29, 0.717) is 5.41 Å². The van der Waals surface area contributed by atoms with Crippen LogP contribution in [0.1, 0.15) is 46.5 Å². The SMILES string of the molecule is CC(C)C1CCC(C)(CC=O)C1. The van der Waals surface area contributed by atoms with Gasteiger partial charge >= 0.3 is 0 Å². The molecule has 1 heteroatoms. The lowest BCUT2D eigenvalue weighted by Crippen LogP contribution is -2.13. The second kappa shape index (κ2) is 3.59. The van der Waals surface area contributed by atoms with Crippen molar-refractivity contribution in [3.8, 4) is 0 Å². The van der Waals surface area contributed by atoms with Gasteiger partial charge in [-0.1, -0.05) is 20.8 Å². The van der Waals surface area contributed by atoms with Gasteiger partial charge in [-0.3, -0.25) is 0 Å². The summed E-state index contributed by atoms with van der Waals surface area (Å²) in [6, 6.07) is 0. The lowest BCUT2D eigenvalue weighted by molar-refractivity contribution is -0.109. The zero-order valence-electron chi connectivity index (χ0n) is 8.47. The minimum Gasteiger partial charge on any atom is -0.303 e. The highest BCUT2D eigenvalue weighted by molar-refractivity contribution is 5.50. The van der Waals surface area contributed by atoms with Crippen molar-refractivity contribution in [2.45, 2.75) is 46.5 Å². The minimum atomic E-state index is 0.330. The van der Waals surface area contributed by atoms with Gasteiger partial charge in [0.05, 0.1) is 0 Å². The second-order valence-electron chi connectivity index (χ2n) is 4.93. The molecule has 12 heavy (non-hydrogen) atoms. The van der Waals surface area contributed by atoms with Crippen molar-refractivity contribution in [1.29, 1.82) is 0 Å². The quantitative estimate of drug-likeness (QED) is 0.592. The van der Waals surface area contributed by atoms with E-state index in [-0.39, 0.29) is 0 Å². The summed E-state index contributed by atoms with van der Waals surface area (Å²) in [6.45, 7) is 6.83. The topological polar surface area (TPSA) is 17.1 Å². The Kier molecular flexibility index (Phi) is 2.92. The fourth-order valence-electron chi connectivity index (χ4n) is 2.33. The summed E-state index contributed by atoms with van der Waals surface area (Å²) in [6.07, 6.45) is 5.67. The maximum atomic E-state index is 10.4. The van der Waals surface area contributed by atoms with Gasteiger partial charge in [0.1, 0.15) is 6.29 Å². The highest BCUT2D eigenvalue weighted by atomic mass is 16.1. The average molecular weight is 168 g/mol. The predicted octanol–water partition coefficient (Wildman–Crippen LogP) is 3.04.